The molecule has 1 saturated carbocycles. The number of hydrogen-bond acceptors (Lipinski definition) is 9. The molecule has 2 heterocycles. The molecule has 1 unspecified atom stereocenters. The number of carbonyl (C=O) groups is 2. The summed E-state index contributed by atoms with van der Waals surface area (Å²) in [6.07, 6.45) is 2.42. The van der Waals surface area contributed by atoms with Crippen LogP contribution < -0.4 is 5.32 Å². The van der Waals surface area contributed by atoms with Crippen LogP contribution in [-0.2, 0) is 19.4 Å². The number of sulfone groups is 1. The Kier molecular flexibility index (Phi) is 8.86. The number of carbonyl (C=O) groups excluding carboxylic acids is 2. The van der Waals surface area contributed by atoms with Crippen molar-refractivity contribution in [3.05, 3.63) is 36.2 Å². The fourth-order valence-electron chi connectivity index (χ4n) is 4.36. The van der Waals surface area contributed by atoms with E-state index in [0.717, 1.165) is 18.4 Å². The van der Waals surface area contributed by atoms with Gasteiger partial charge in [-0.3, -0.25) is 9.59 Å². The van der Waals surface area contributed by atoms with E-state index in [2.05, 4.69) is 15.5 Å². The summed E-state index contributed by atoms with van der Waals surface area (Å²) in [5, 5.41) is 7.10. The van der Waals surface area contributed by atoms with E-state index in [1.807, 2.05) is 37.3 Å². The molecule has 1 aromatic carbocycles. The van der Waals surface area contributed by atoms with Gasteiger partial charge in [0.15, 0.2) is 9.84 Å². The maximum Gasteiger partial charge on any atom is 0.296 e. The molecular weight excluding hydrogens is 484 g/mol. The van der Waals surface area contributed by atoms with Crippen LogP contribution in [0.4, 0.5) is 0 Å². The maximum absolute atomic E-state index is 13.1. The fraction of sp³-hybridized carbons (Fsp3) is 0.600. The van der Waals surface area contributed by atoms with Gasteiger partial charge in [-0.1, -0.05) is 42.4 Å². The third-order valence-electron chi connectivity index (χ3n) is 6.55. The van der Waals surface area contributed by atoms with Crippen LogP contribution in [-0.4, -0.2) is 85.5 Å². The fourth-order valence-corrected chi connectivity index (χ4v) is 6.50. The van der Waals surface area contributed by atoms with Gasteiger partial charge in [-0.15, -0.1) is 0 Å². The molecule has 2 atom stereocenters. The van der Waals surface area contributed by atoms with Crippen molar-refractivity contribution in [1.29, 1.82) is 0 Å². The van der Waals surface area contributed by atoms with Crippen molar-refractivity contribution < 1.29 is 27.3 Å². The van der Waals surface area contributed by atoms with Gasteiger partial charge in [-0.25, -0.2) is 8.42 Å². The summed E-state index contributed by atoms with van der Waals surface area (Å²) in [5.74, 6) is -0.356. The first kappa shape index (κ1) is 26.4. The average molecular weight is 519 g/mol. The van der Waals surface area contributed by atoms with Crippen molar-refractivity contribution in [2.45, 2.75) is 38.6 Å². The van der Waals surface area contributed by atoms with E-state index in [1.54, 1.807) is 4.90 Å². The van der Waals surface area contributed by atoms with E-state index >= 15 is 0 Å². The van der Waals surface area contributed by atoms with E-state index in [0.29, 0.717) is 38.5 Å². The first-order valence-electron chi connectivity index (χ1n) is 12.6. The van der Waals surface area contributed by atoms with Crippen LogP contribution in [0, 0.1) is 11.8 Å². The maximum atomic E-state index is 13.1. The zero-order chi connectivity index (χ0) is 25.5. The predicted molar refractivity (Wildman–Crippen MR) is 133 cm³/mol. The second-order valence-corrected chi connectivity index (χ2v) is 11.8. The van der Waals surface area contributed by atoms with Gasteiger partial charge in [-0.05, 0) is 31.1 Å². The van der Waals surface area contributed by atoms with E-state index in [-0.39, 0.29) is 48.0 Å². The molecule has 0 spiro atoms. The molecule has 196 valence electrons. The molecular formula is C25H34N4O6S. The Morgan fingerprint density at radius 1 is 1.17 bits per heavy atom. The molecule has 4 rings (SSSR count). The third-order valence-corrected chi connectivity index (χ3v) is 8.51. The molecule has 1 aromatic heterocycles. The third kappa shape index (κ3) is 7.44. The van der Waals surface area contributed by atoms with E-state index in [1.165, 1.54) is 0 Å². The van der Waals surface area contributed by atoms with Gasteiger partial charge in [0.25, 0.3) is 5.89 Å². The Hall–Kier alpha value is -2.63. The van der Waals surface area contributed by atoms with Crippen molar-refractivity contribution in [3.8, 4) is 11.4 Å². The number of rotatable bonds is 13. The van der Waals surface area contributed by atoms with Crippen LogP contribution in [0.2, 0.25) is 0 Å². The number of aromatic nitrogens is 2. The number of ether oxygens (including phenoxy) is 1. The minimum atomic E-state index is -3.31. The standard InChI is InChI=1S/C25H34N4O6S/c1-2-21(23(31)25-27-24(28-35-25)20-6-4-3-5-7-20)26-15-19(17-36(32,33)16-18-8-9-18)14-22(30)29-10-12-34-13-11-29/h3-7,18-19,21,26H,2,8-17H2,1H3/t19?,21-/m0/s1. The Morgan fingerprint density at radius 2 is 1.89 bits per heavy atom. The van der Waals surface area contributed by atoms with Gasteiger partial charge in [0.1, 0.15) is 0 Å². The number of hydrogen-bond donors (Lipinski definition) is 1. The van der Waals surface area contributed by atoms with Crippen molar-refractivity contribution in [3.63, 3.8) is 0 Å². The summed E-state index contributed by atoms with van der Waals surface area (Å²) in [6, 6.07) is 8.58. The number of ketones is 1. The van der Waals surface area contributed by atoms with Crippen LogP contribution in [0.3, 0.4) is 0 Å². The Balaban J connectivity index is 1.40. The second-order valence-electron chi connectivity index (χ2n) is 9.61. The van der Waals surface area contributed by atoms with Gasteiger partial charge >= 0.3 is 0 Å². The van der Waals surface area contributed by atoms with Gasteiger partial charge in [0.05, 0.1) is 30.8 Å². The molecule has 1 aliphatic heterocycles. The van der Waals surface area contributed by atoms with Gasteiger partial charge in [0, 0.05) is 31.6 Å². The Labute approximate surface area is 211 Å². The van der Waals surface area contributed by atoms with Gasteiger partial charge in [-0.2, -0.15) is 4.98 Å². The zero-order valence-corrected chi connectivity index (χ0v) is 21.4. The van der Waals surface area contributed by atoms with Crippen LogP contribution >= 0.6 is 0 Å². The molecule has 11 heteroatoms. The highest BCUT2D eigenvalue weighted by atomic mass is 32.2. The SMILES string of the molecule is CC[C@H](NCC(CC(=O)N1CCOCC1)CS(=O)(=O)CC1CC1)C(=O)c1nc(-c2ccccc2)no1. The van der Waals surface area contributed by atoms with Crippen LogP contribution in [0.15, 0.2) is 34.9 Å². The van der Waals surface area contributed by atoms with Crippen LogP contribution in [0.25, 0.3) is 11.4 Å². The molecule has 0 bridgehead atoms. The van der Waals surface area contributed by atoms with Crippen LogP contribution in [0.5, 0.6) is 0 Å². The zero-order valence-electron chi connectivity index (χ0n) is 20.6. The molecule has 1 N–H and O–H groups in total. The smallest absolute Gasteiger partial charge is 0.296 e. The topological polar surface area (TPSA) is 132 Å². The lowest BCUT2D eigenvalue weighted by molar-refractivity contribution is -0.136. The van der Waals surface area contributed by atoms with Crippen molar-refractivity contribution in [1.82, 2.24) is 20.4 Å². The average Bonchev–Trinajstić information content (AvgIpc) is 3.54. The summed E-state index contributed by atoms with van der Waals surface area (Å²) in [4.78, 5) is 31.9. The molecule has 1 aliphatic carbocycles. The summed E-state index contributed by atoms with van der Waals surface area (Å²) in [7, 11) is -3.31. The molecule has 1 saturated heterocycles. The summed E-state index contributed by atoms with van der Waals surface area (Å²) >= 11 is 0. The van der Waals surface area contributed by atoms with E-state index < -0.39 is 21.8 Å². The van der Waals surface area contributed by atoms with Gasteiger partial charge < -0.3 is 19.5 Å². The van der Waals surface area contributed by atoms with E-state index in [9.17, 15) is 18.0 Å². The molecule has 2 fully saturated rings. The highest BCUT2D eigenvalue weighted by Crippen LogP contribution is 2.31. The monoisotopic (exact) mass is 518 g/mol. The van der Waals surface area contributed by atoms with Crippen LogP contribution in [0.1, 0.15) is 43.3 Å². The number of Topliss-reactive ketones (excluding diaryl/α,β-unsaturated/α-hetero) is 1. The molecule has 36 heavy (non-hydrogen) atoms. The highest BCUT2D eigenvalue weighted by Gasteiger charge is 2.32. The molecule has 2 aromatic rings. The Morgan fingerprint density at radius 3 is 2.56 bits per heavy atom. The number of benzene rings is 1. The normalized spacial score (nSPS) is 18.1. The molecule has 1 amide bonds. The molecule has 2 aliphatic rings. The minimum absolute atomic E-state index is 0.0874. The molecule has 10 nitrogen and oxygen atoms in total. The molecule has 0 radical (unpaired) electrons. The lowest BCUT2D eigenvalue weighted by atomic mass is 10.0. The lowest BCUT2D eigenvalue weighted by Crippen LogP contribution is -2.44. The summed E-state index contributed by atoms with van der Waals surface area (Å²) in [5.41, 5.74) is 0.740. The van der Waals surface area contributed by atoms with E-state index in [4.69, 9.17) is 9.26 Å². The number of nitrogens with zero attached hydrogens (tertiary/aromatic N) is 3. The summed E-state index contributed by atoms with van der Waals surface area (Å²) in [6.45, 7) is 4.04. The second kappa shape index (κ2) is 12.1. The predicted octanol–water partition coefficient (Wildman–Crippen LogP) is 1.98. The Bertz CT molecular complexity index is 1130. The number of nitrogens with one attached hydrogen (secondary N) is 1. The van der Waals surface area contributed by atoms with Gasteiger partial charge in [0.2, 0.25) is 17.5 Å². The summed E-state index contributed by atoms with van der Waals surface area (Å²) < 4.78 is 36.1. The number of morpholine rings is 1. The van der Waals surface area contributed by atoms with Crippen molar-refractivity contribution in [2.24, 2.45) is 11.8 Å². The minimum Gasteiger partial charge on any atom is -0.378 e. The van der Waals surface area contributed by atoms with Crippen molar-refractivity contribution in [2.75, 3.05) is 44.4 Å². The highest BCUT2D eigenvalue weighted by molar-refractivity contribution is 7.91. The quantitative estimate of drug-likeness (QED) is 0.395. The first-order valence-corrected chi connectivity index (χ1v) is 14.4. The van der Waals surface area contributed by atoms with Crippen molar-refractivity contribution >= 4 is 21.5 Å². The number of amides is 1. The first-order chi connectivity index (χ1) is 17.3. The lowest BCUT2D eigenvalue weighted by Gasteiger charge is -2.29. The largest absolute Gasteiger partial charge is 0.378 e.